The van der Waals surface area contributed by atoms with E-state index in [1.807, 2.05) is 0 Å². The molecule has 1 fully saturated rings. The third kappa shape index (κ3) is 3.32. The molecule has 0 radical (unpaired) electrons. The molecule has 0 spiro atoms. The van der Waals surface area contributed by atoms with Crippen molar-refractivity contribution < 1.29 is 19.1 Å². The van der Waals surface area contributed by atoms with E-state index < -0.39 is 17.8 Å². The number of methoxy groups -OCH3 is 1. The number of barbiturate groups is 1. The van der Waals surface area contributed by atoms with E-state index in [-0.39, 0.29) is 5.57 Å². The molecule has 1 N–H and O–H groups in total. The Labute approximate surface area is 152 Å². The first-order valence-electron chi connectivity index (χ1n) is 7.31. The fourth-order valence-corrected chi connectivity index (χ4v) is 2.82. The van der Waals surface area contributed by atoms with Crippen LogP contribution in [0.4, 0.5) is 10.5 Å². The predicted molar refractivity (Wildman–Crippen MR) is 96.1 cm³/mol. The molecule has 0 bridgehead atoms. The smallest absolute Gasteiger partial charge is 0.335 e. The van der Waals surface area contributed by atoms with Crippen LogP contribution in [0.25, 0.3) is 6.08 Å². The number of hydrogen-bond acceptors (Lipinski definition) is 4. The number of ether oxygens (including phenoxy) is 1. The molecular weight excluding hydrogens is 388 g/mol. The summed E-state index contributed by atoms with van der Waals surface area (Å²) in [5.74, 6) is -0.939. The summed E-state index contributed by atoms with van der Waals surface area (Å²) in [6.07, 6.45) is 1.41. The Balaban J connectivity index is 2.07. The van der Waals surface area contributed by atoms with Gasteiger partial charge in [0.15, 0.2) is 0 Å². The van der Waals surface area contributed by atoms with E-state index in [9.17, 15) is 14.4 Å². The number of hydrogen-bond donors (Lipinski definition) is 1. The fraction of sp³-hybridized carbons (Fsp3) is 0.0556. The molecular formula is C18H13BrN2O4. The molecule has 0 unspecified atom stereocenters. The molecule has 3 rings (SSSR count). The predicted octanol–water partition coefficient (Wildman–Crippen LogP) is 3.12. The zero-order valence-corrected chi connectivity index (χ0v) is 14.7. The normalized spacial score (nSPS) is 16.2. The number of amides is 4. The Morgan fingerprint density at radius 3 is 2.48 bits per heavy atom. The van der Waals surface area contributed by atoms with Gasteiger partial charge < -0.3 is 4.74 Å². The first kappa shape index (κ1) is 16.9. The van der Waals surface area contributed by atoms with Gasteiger partial charge in [-0.1, -0.05) is 34.1 Å². The quantitative estimate of drug-likeness (QED) is 0.634. The maximum Gasteiger partial charge on any atom is 0.335 e. The average Bonchev–Trinajstić information content (AvgIpc) is 2.59. The highest BCUT2D eigenvalue weighted by Crippen LogP contribution is 2.27. The number of urea groups is 1. The van der Waals surface area contributed by atoms with Gasteiger partial charge >= 0.3 is 6.03 Å². The van der Waals surface area contributed by atoms with Gasteiger partial charge in [-0.2, -0.15) is 0 Å². The lowest BCUT2D eigenvalue weighted by atomic mass is 10.1. The highest BCUT2D eigenvalue weighted by atomic mass is 79.9. The molecule has 2 aromatic carbocycles. The van der Waals surface area contributed by atoms with Gasteiger partial charge in [0.25, 0.3) is 11.8 Å². The van der Waals surface area contributed by atoms with Crippen molar-refractivity contribution in [1.29, 1.82) is 0 Å². The van der Waals surface area contributed by atoms with E-state index in [4.69, 9.17) is 4.74 Å². The Morgan fingerprint density at radius 1 is 1.08 bits per heavy atom. The largest absolute Gasteiger partial charge is 0.496 e. The van der Waals surface area contributed by atoms with Crippen LogP contribution >= 0.6 is 15.9 Å². The number of halogens is 1. The van der Waals surface area contributed by atoms with E-state index in [0.717, 1.165) is 9.37 Å². The number of benzene rings is 2. The van der Waals surface area contributed by atoms with Crippen molar-refractivity contribution in [3.05, 3.63) is 64.1 Å². The van der Waals surface area contributed by atoms with E-state index in [1.165, 1.54) is 13.2 Å². The summed E-state index contributed by atoms with van der Waals surface area (Å²) in [7, 11) is 1.49. The van der Waals surface area contributed by atoms with Gasteiger partial charge in [-0.05, 0) is 36.4 Å². The van der Waals surface area contributed by atoms with Crippen molar-refractivity contribution in [3.8, 4) is 5.75 Å². The van der Waals surface area contributed by atoms with Crippen LogP contribution in [0.1, 0.15) is 5.56 Å². The standard InChI is InChI=1S/C18H13BrN2O4/c1-25-15-8-7-12(19)9-11(15)10-14-16(22)20-18(24)21(17(14)23)13-5-3-2-4-6-13/h2-10H,1H3,(H,20,22,24)/b14-10+. The zero-order valence-electron chi connectivity index (χ0n) is 13.2. The van der Waals surface area contributed by atoms with Crippen molar-refractivity contribution in [2.75, 3.05) is 12.0 Å². The Morgan fingerprint density at radius 2 is 1.80 bits per heavy atom. The lowest BCUT2D eigenvalue weighted by Crippen LogP contribution is -2.54. The van der Waals surface area contributed by atoms with Crippen molar-refractivity contribution in [3.63, 3.8) is 0 Å². The molecule has 0 aromatic heterocycles. The maximum absolute atomic E-state index is 12.8. The summed E-state index contributed by atoms with van der Waals surface area (Å²) < 4.78 is 6.02. The number of rotatable bonds is 3. The Hall–Kier alpha value is -2.93. The molecule has 1 aliphatic rings. The van der Waals surface area contributed by atoms with Crippen LogP contribution in [-0.4, -0.2) is 25.0 Å². The second-order valence-corrected chi connectivity index (χ2v) is 6.10. The van der Waals surface area contributed by atoms with Gasteiger partial charge in [-0.3, -0.25) is 14.9 Å². The molecule has 0 aliphatic carbocycles. The Kier molecular flexibility index (Phi) is 4.67. The van der Waals surface area contributed by atoms with E-state index in [0.29, 0.717) is 17.0 Å². The summed E-state index contributed by atoms with van der Waals surface area (Å²) in [6, 6.07) is 12.8. The van der Waals surface area contributed by atoms with Crippen LogP contribution in [0.15, 0.2) is 58.6 Å². The van der Waals surface area contributed by atoms with Crippen LogP contribution < -0.4 is 15.0 Å². The molecule has 4 amide bonds. The summed E-state index contributed by atoms with van der Waals surface area (Å²) >= 11 is 3.34. The minimum atomic E-state index is -0.778. The molecule has 0 saturated carbocycles. The number of para-hydroxylation sites is 1. The number of nitrogens with one attached hydrogen (secondary N) is 1. The fourth-order valence-electron chi connectivity index (χ4n) is 2.44. The van der Waals surface area contributed by atoms with Gasteiger partial charge in [-0.15, -0.1) is 0 Å². The van der Waals surface area contributed by atoms with Gasteiger partial charge in [0.05, 0.1) is 12.8 Å². The SMILES string of the molecule is COc1ccc(Br)cc1/C=C1\C(=O)NC(=O)N(c2ccccc2)C1=O. The van der Waals surface area contributed by atoms with Gasteiger partial charge in [0, 0.05) is 10.0 Å². The molecule has 2 aromatic rings. The molecule has 7 heteroatoms. The minimum Gasteiger partial charge on any atom is -0.496 e. The minimum absolute atomic E-state index is 0.153. The van der Waals surface area contributed by atoms with Gasteiger partial charge in [0.1, 0.15) is 11.3 Å². The van der Waals surface area contributed by atoms with E-state index >= 15 is 0 Å². The van der Waals surface area contributed by atoms with Crippen LogP contribution in [-0.2, 0) is 9.59 Å². The molecule has 1 heterocycles. The first-order chi connectivity index (χ1) is 12.0. The van der Waals surface area contributed by atoms with Crippen LogP contribution in [0.2, 0.25) is 0 Å². The third-order valence-corrected chi connectivity index (χ3v) is 4.10. The number of nitrogens with zero attached hydrogens (tertiary/aromatic N) is 1. The van der Waals surface area contributed by atoms with E-state index in [2.05, 4.69) is 21.2 Å². The van der Waals surface area contributed by atoms with Crippen LogP contribution in [0, 0.1) is 0 Å². The highest BCUT2D eigenvalue weighted by Gasteiger charge is 2.36. The van der Waals surface area contributed by atoms with Crippen LogP contribution in [0.5, 0.6) is 5.75 Å². The summed E-state index contributed by atoms with van der Waals surface area (Å²) in [6.45, 7) is 0. The molecule has 1 aliphatic heterocycles. The maximum atomic E-state index is 12.8. The van der Waals surface area contributed by atoms with Crippen molar-refractivity contribution >= 4 is 45.5 Å². The number of carbonyl (C=O) groups excluding carboxylic acids is 3. The van der Waals surface area contributed by atoms with Gasteiger partial charge in [-0.25, -0.2) is 9.69 Å². The van der Waals surface area contributed by atoms with Crippen molar-refractivity contribution in [1.82, 2.24) is 5.32 Å². The number of imide groups is 2. The number of carbonyl (C=O) groups is 3. The van der Waals surface area contributed by atoms with E-state index in [1.54, 1.807) is 48.5 Å². The lowest BCUT2D eigenvalue weighted by Gasteiger charge is -2.26. The summed E-state index contributed by atoms with van der Waals surface area (Å²) in [5.41, 5.74) is 0.766. The monoisotopic (exact) mass is 400 g/mol. The first-order valence-corrected chi connectivity index (χ1v) is 8.10. The topological polar surface area (TPSA) is 75.7 Å². The highest BCUT2D eigenvalue weighted by molar-refractivity contribution is 9.10. The second kappa shape index (κ2) is 6.90. The zero-order chi connectivity index (χ0) is 18.0. The Bertz CT molecular complexity index is 893. The summed E-state index contributed by atoms with van der Waals surface area (Å²) in [4.78, 5) is 38.0. The van der Waals surface area contributed by atoms with Crippen LogP contribution in [0.3, 0.4) is 0 Å². The average molecular weight is 401 g/mol. The van der Waals surface area contributed by atoms with Crippen molar-refractivity contribution in [2.45, 2.75) is 0 Å². The molecule has 126 valence electrons. The summed E-state index contributed by atoms with van der Waals surface area (Å²) in [5, 5.41) is 2.19. The van der Waals surface area contributed by atoms with Crippen molar-refractivity contribution in [2.24, 2.45) is 0 Å². The number of anilines is 1. The molecule has 6 nitrogen and oxygen atoms in total. The van der Waals surface area contributed by atoms with Gasteiger partial charge in [0.2, 0.25) is 0 Å². The molecule has 0 atom stereocenters. The lowest BCUT2D eigenvalue weighted by molar-refractivity contribution is -0.122. The molecule has 1 saturated heterocycles. The molecule has 25 heavy (non-hydrogen) atoms. The second-order valence-electron chi connectivity index (χ2n) is 5.18. The third-order valence-electron chi connectivity index (χ3n) is 3.61.